The van der Waals surface area contributed by atoms with Crippen molar-refractivity contribution in [2.24, 2.45) is 0 Å². The summed E-state index contributed by atoms with van der Waals surface area (Å²) < 4.78 is -1.74. The van der Waals surface area contributed by atoms with Crippen LogP contribution in [0.5, 0.6) is 0 Å². The molecule has 1 rings (SSSR count). The van der Waals surface area contributed by atoms with Crippen molar-refractivity contribution >= 4 is 63.7 Å². The lowest BCUT2D eigenvalue weighted by Crippen LogP contribution is -2.56. The number of anilines is 1. The Bertz CT molecular complexity index is 590. The van der Waals surface area contributed by atoms with Crippen LogP contribution in [0.1, 0.15) is 37.3 Å². The van der Waals surface area contributed by atoms with Gasteiger partial charge in [0, 0.05) is 12.1 Å². The van der Waals surface area contributed by atoms with Gasteiger partial charge in [-0.05, 0) is 49.7 Å². The van der Waals surface area contributed by atoms with Gasteiger partial charge >= 0.3 is 0 Å². The molecule has 0 fully saturated rings. The van der Waals surface area contributed by atoms with Gasteiger partial charge < -0.3 is 16.0 Å². The molecule has 0 saturated heterocycles. The lowest BCUT2D eigenvalue weighted by Gasteiger charge is -2.28. The van der Waals surface area contributed by atoms with E-state index in [2.05, 4.69) is 16.0 Å². The van der Waals surface area contributed by atoms with Gasteiger partial charge in [0.05, 0.1) is 0 Å². The Labute approximate surface area is 163 Å². The number of carbonyl (C=O) groups excluding carboxylic acids is 1. The maximum atomic E-state index is 11.9. The number of amides is 1. The molecule has 8 heteroatoms. The topological polar surface area (TPSA) is 53.2 Å². The van der Waals surface area contributed by atoms with Crippen LogP contribution in [0.4, 0.5) is 5.69 Å². The molecule has 0 aromatic heterocycles. The Hall–Kier alpha value is -0.750. The van der Waals surface area contributed by atoms with Crippen LogP contribution in [0.25, 0.3) is 0 Å². The standard InChI is InChI=1S/C16H22Cl3N3OS/c1-4-5-6-13(23)21-14(16(17,18)19)22-15(24)20-12-9-10(2)7-8-11(12)3/h7-9,14H,4-6H2,1-3H3,(H,21,23)(H2,20,22,24). The fourth-order valence-corrected chi connectivity index (χ4v) is 2.49. The number of alkyl halides is 3. The Morgan fingerprint density at radius 3 is 2.50 bits per heavy atom. The van der Waals surface area contributed by atoms with Crippen molar-refractivity contribution in [2.75, 3.05) is 5.32 Å². The summed E-state index contributed by atoms with van der Waals surface area (Å²) in [5.41, 5.74) is 2.98. The molecule has 1 amide bonds. The third-order valence-electron chi connectivity index (χ3n) is 3.31. The molecular formula is C16H22Cl3N3OS. The minimum Gasteiger partial charge on any atom is -0.339 e. The minimum atomic E-state index is -1.74. The quantitative estimate of drug-likeness (QED) is 0.365. The van der Waals surface area contributed by atoms with Crippen LogP contribution in [0.2, 0.25) is 0 Å². The maximum absolute atomic E-state index is 11.9. The van der Waals surface area contributed by atoms with Gasteiger partial charge in [-0.25, -0.2) is 0 Å². The van der Waals surface area contributed by atoms with Gasteiger partial charge in [-0.1, -0.05) is 60.3 Å². The third-order valence-corrected chi connectivity index (χ3v) is 4.18. The fourth-order valence-electron chi connectivity index (χ4n) is 1.93. The Morgan fingerprint density at radius 2 is 1.92 bits per heavy atom. The van der Waals surface area contributed by atoms with Gasteiger partial charge in [-0.3, -0.25) is 4.79 Å². The number of benzene rings is 1. The number of halogens is 3. The van der Waals surface area contributed by atoms with E-state index in [4.69, 9.17) is 47.0 Å². The molecule has 0 bridgehead atoms. The maximum Gasteiger partial charge on any atom is 0.228 e. The zero-order valence-electron chi connectivity index (χ0n) is 13.9. The zero-order valence-corrected chi connectivity index (χ0v) is 17.0. The summed E-state index contributed by atoms with van der Waals surface area (Å²) in [6.07, 6.45) is 1.11. The zero-order chi connectivity index (χ0) is 18.3. The molecule has 1 atom stereocenters. The first-order valence-corrected chi connectivity index (χ1v) is 9.18. The second-order valence-corrected chi connectivity index (χ2v) is 8.34. The first kappa shape index (κ1) is 21.3. The number of rotatable bonds is 6. The predicted octanol–water partition coefficient (Wildman–Crippen LogP) is 4.59. The molecule has 0 saturated carbocycles. The molecule has 24 heavy (non-hydrogen) atoms. The average molecular weight is 411 g/mol. The van der Waals surface area contributed by atoms with Crippen molar-refractivity contribution in [1.82, 2.24) is 10.6 Å². The molecule has 0 heterocycles. The molecule has 1 unspecified atom stereocenters. The second kappa shape index (κ2) is 9.66. The van der Waals surface area contributed by atoms with Gasteiger partial charge in [0.1, 0.15) is 6.17 Å². The largest absolute Gasteiger partial charge is 0.339 e. The lowest BCUT2D eigenvalue weighted by molar-refractivity contribution is -0.122. The Morgan fingerprint density at radius 1 is 1.25 bits per heavy atom. The number of hydrogen-bond acceptors (Lipinski definition) is 2. The highest BCUT2D eigenvalue weighted by atomic mass is 35.6. The van der Waals surface area contributed by atoms with Crippen molar-refractivity contribution in [1.29, 1.82) is 0 Å². The summed E-state index contributed by atoms with van der Waals surface area (Å²) in [5, 5.41) is 8.84. The van der Waals surface area contributed by atoms with Crippen LogP contribution in [0, 0.1) is 13.8 Å². The van der Waals surface area contributed by atoms with E-state index in [1.807, 2.05) is 39.0 Å². The molecule has 0 aliphatic carbocycles. The fraction of sp³-hybridized carbons (Fsp3) is 0.500. The number of nitrogens with one attached hydrogen (secondary N) is 3. The first-order valence-electron chi connectivity index (χ1n) is 7.64. The molecule has 1 aromatic carbocycles. The number of carbonyl (C=O) groups is 1. The molecule has 0 spiro atoms. The van der Waals surface area contributed by atoms with Crippen molar-refractivity contribution in [3.05, 3.63) is 29.3 Å². The first-order chi connectivity index (χ1) is 11.1. The molecular weight excluding hydrogens is 389 g/mol. The van der Waals surface area contributed by atoms with Crippen LogP contribution >= 0.6 is 47.0 Å². The minimum absolute atomic E-state index is 0.199. The summed E-state index contributed by atoms with van der Waals surface area (Å²) in [6.45, 7) is 5.95. The number of hydrogen-bond donors (Lipinski definition) is 3. The number of unbranched alkanes of at least 4 members (excludes halogenated alkanes) is 1. The van der Waals surface area contributed by atoms with Crippen molar-refractivity contribution in [2.45, 2.75) is 50.0 Å². The molecule has 134 valence electrons. The van der Waals surface area contributed by atoms with Crippen LogP contribution in [0.15, 0.2) is 18.2 Å². The smallest absolute Gasteiger partial charge is 0.228 e. The van der Waals surface area contributed by atoms with Crippen molar-refractivity contribution < 1.29 is 4.79 Å². The summed E-state index contributed by atoms with van der Waals surface area (Å²) in [5.74, 6) is -0.199. The van der Waals surface area contributed by atoms with Crippen LogP contribution in [-0.4, -0.2) is 21.0 Å². The Kier molecular flexibility index (Phi) is 8.57. The van der Waals surface area contributed by atoms with E-state index >= 15 is 0 Å². The van der Waals surface area contributed by atoms with Gasteiger partial charge in [-0.15, -0.1) is 0 Å². The summed E-state index contributed by atoms with van der Waals surface area (Å²) in [7, 11) is 0. The molecule has 0 aliphatic heterocycles. The molecule has 1 aromatic rings. The summed E-state index contributed by atoms with van der Waals surface area (Å²) in [6, 6.07) is 5.96. The van der Waals surface area contributed by atoms with Crippen LogP contribution in [0.3, 0.4) is 0 Å². The van der Waals surface area contributed by atoms with Gasteiger partial charge in [0.25, 0.3) is 0 Å². The average Bonchev–Trinajstić information content (AvgIpc) is 2.47. The SMILES string of the molecule is CCCCC(=O)NC(NC(=S)Nc1cc(C)ccc1C)C(Cl)(Cl)Cl. The van der Waals surface area contributed by atoms with Crippen molar-refractivity contribution in [3.63, 3.8) is 0 Å². The van der Waals surface area contributed by atoms with Crippen molar-refractivity contribution in [3.8, 4) is 0 Å². The van der Waals surface area contributed by atoms with E-state index in [0.29, 0.717) is 6.42 Å². The second-order valence-electron chi connectivity index (χ2n) is 5.56. The summed E-state index contributed by atoms with van der Waals surface area (Å²) >= 11 is 23.1. The highest BCUT2D eigenvalue weighted by Gasteiger charge is 2.34. The third kappa shape index (κ3) is 7.43. The lowest BCUT2D eigenvalue weighted by atomic mass is 10.1. The van der Waals surface area contributed by atoms with Gasteiger partial charge in [0.2, 0.25) is 9.70 Å². The van der Waals surface area contributed by atoms with Gasteiger partial charge in [-0.2, -0.15) is 0 Å². The normalized spacial score (nSPS) is 12.4. The monoisotopic (exact) mass is 409 g/mol. The Balaban J connectivity index is 2.74. The van der Waals surface area contributed by atoms with E-state index in [1.54, 1.807) is 0 Å². The van der Waals surface area contributed by atoms with E-state index < -0.39 is 9.96 Å². The van der Waals surface area contributed by atoms with E-state index in [0.717, 1.165) is 29.7 Å². The number of thiocarbonyl (C=S) groups is 1. The van der Waals surface area contributed by atoms with E-state index in [9.17, 15) is 4.79 Å². The molecule has 0 aliphatic rings. The highest BCUT2D eigenvalue weighted by Crippen LogP contribution is 2.29. The number of aryl methyl sites for hydroxylation is 2. The van der Waals surface area contributed by atoms with E-state index in [1.165, 1.54) is 0 Å². The van der Waals surface area contributed by atoms with Gasteiger partial charge in [0.15, 0.2) is 5.11 Å². The molecule has 3 N–H and O–H groups in total. The predicted molar refractivity (Wildman–Crippen MR) is 107 cm³/mol. The van der Waals surface area contributed by atoms with Crippen LogP contribution in [-0.2, 0) is 4.79 Å². The highest BCUT2D eigenvalue weighted by molar-refractivity contribution is 7.80. The van der Waals surface area contributed by atoms with Crippen LogP contribution < -0.4 is 16.0 Å². The molecule has 0 radical (unpaired) electrons. The van der Waals surface area contributed by atoms with E-state index in [-0.39, 0.29) is 11.0 Å². The molecule has 4 nitrogen and oxygen atoms in total. The summed E-state index contributed by atoms with van der Waals surface area (Å²) in [4.78, 5) is 11.9.